The Balaban J connectivity index is 2.15. The van der Waals surface area contributed by atoms with Gasteiger partial charge < -0.3 is 15.8 Å². The molecule has 0 atom stereocenters. The highest BCUT2D eigenvalue weighted by Crippen LogP contribution is 2.25. The third-order valence-corrected chi connectivity index (χ3v) is 3.08. The van der Waals surface area contributed by atoms with E-state index in [0.717, 1.165) is 5.56 Å². The number of nitrogens with one attached hydrogen (secondary N) is 1. The topological polar surface area (TPSA) is 73.1 Å². The molecule has 21 heavy (non-hydrogen) atoms. The molecule has 0 radical (unpaired) electrons. The molecule has 0 spiro atoms. The molecule has 1 aromatic carbocycles. The van der Waals surface area contributed by atoms with Gasteiger partial charge in [0.2, 0.25) is 5.88 Å². The van der Waals surface area contributed by atoms with Gasteiger partial charge in [0, 0.05) is 6.54 Å². The van der Waals surface area contributed by atoms with Crippen molar-refractivity contribution in [2.75, 3.05) is 17.7 Å². The zero-order valence-corrected chi connectivity index (χ0v) is 12.4. The van der Waals surface area contributed by atoms with Crippen LogP contribution in [0, 0.1) is 19.7 Å². The fourth-order valence-electron chi connectivity index (χ4n) is 2.10. The van der Waals surface area contributed by atoms with Crippen molar-refractivity contribution in [2.24, 2.45) is 0 Å². The molecule has 1 heterocycles. The number of nitrogens with two attached hydrogens (primary N) is 1. The number of aryl methyl sites for hydroxylation is 2. The van der Waals surface area contributed by atoms with Crippen molar-refractivity contribution in [2.45, 2.75) is 27.3 Å². The van der Waals surface area contributed by atoms with E-state index >= 15 is 0 Å². The SMILES string of the molecule is CCOc1ncnc(NCc2cc(C)c(F)c(C)c2)c1N. The number of rotatable bonds is 5. The Kier molecular flexibility index (Phi) is 4.57. The highest BCUT2D eigenvalue weighted by molar-refractivity contribution is 5.66. The molecular formula is C15H19FN4O. The number of nitrogen functional groups attached to an aromatic ring is 1. The Morgan fingerprint density at radius 3 is 2.52 bits per heavy atom. The van der Waals surface area contributed by atoms with Crippen LogP contribution in [0.25, 0.3) is 0 Å². The molecule has 6 heteroatoms. The maximum Gasteiger partial charge on any atom is 0.242 e. The van der Waals surface area contributed by atoms with Crippen LogP contribution in [0.15, 0.2) is 18.5 Å². The van der Waals surface area contributed by atoms with Gasteiger partial charge in [-0.2, -0.15) is 4.98 Å². The van der Waals surface area contributed by atoms with Gasteiger partial charge in [-0.25, -0.2) is 9.37 Å². The van der Waals surface area contributed by atoms with E-state index in [1.165, 1.54) is 6.33 Å². The summed E-state index contributed by atoms with van der Waals surface area (Å²) < 4.78 is 18.9. The Morgan fingerprint density at radius 2 is 1.90 bits per heavy atom. The van der Waals surface area contributed by atoms with Crippen molar-refractivity contribution in [1.29, 1.82) is 0 Å². The zero-order valence-electron chi connectivity index (χ0n) is 12.4. The highest BCUT2D eigenvalue weighted by atomic mass is 19.1. The van der Waals surface area contributed by atoms with E-state index in [4.69, 9.17) is 10.5 Å². The lowest BCUT2D eigenvalue weighted by atomic mass is 10.1. The number of anilines is 2. The molecule has 5 nitrogen and oxygen atoms in total. The summed E-state index contributed by atoms with van der Waals surface area (Å²) in [5, 5.41) is 3.12. The lowest BCUT2D eigenvalue weighted by Gasteiger charge is -2.12. The molecule has 2 aromatic rings. The second-order valence-corrected chi connectivity index (χ2v) is 4.77. The van der Waals surface area contributed by atoms with Crippen LogP contribution in [-0.4, -0.2) is 16.6 Å². The number of aromatic nitrogens is 2. The van der Waals surface area contributed by atoms with Gasteiger partial charge in [0.1, 0.15) is 17.8 Å². The lowest BCUT2D eigenvalue weighted by molar-refractivity contribution is 0.328. The summed E-state index contributed by atoms with van der Waals surface area (Å²) in [6, 6.07) is 3.60. The van der Waals surface area contributed by atoms with E-state index in [2.05, 4.69) is 15.3 Å². The number of halogens is 1. The molecule has 0 saturated heterocycles. The molecule has 0 aliphatic carbocycles. The molecule has 3 N–H and O–H groups in total. The first-order valence-electron chi connectivity index (χ1n) is 6.75. The van der Waals surface area contributed by atoms with Crippen molar-refractivity contribution < 1.29 is 9.13 Å². The fourth-order valence-corrected chi connectivity index (χ4v) is 2.10. The van der Waals surface area contributed by atoms with Crippen LogP contribution in [0.5, 0.6) is 5.88 Å². The van der Waals surface area contributed by atoms with Gasteiger partial charge in [0.25, 0.3) is 0 Å². The minimum Gasteiger partial charge on any atom is -0.476 e. The van der Waals surface area contributed by atoms with Crippen LogP contribution in [0.3, 0.4) is 0 Å². The minimum absolute atomic E-state index is 0.168. The molecule has 2 rings (SSSR count). The van der Waals surface area contributed by atoms with Crippen LogP contribution in [0.4, 0.5) is 15.9 Å². The van der Waals surface area contributed by atoms with Crippen molar-refractivity contribution >= 4 is 11.5 Å². The lowest BCUT2D eigenvalue weighted by Crippen LogP contribution is -2.08. The third-order valence-electron chi connectivity index (χ3n) is 3.08. The van der Waals surface area contributed by atoms with Gasteiger partial charge in [-0.3, -0.25) is 0 Å². The van der Waals surface area contributed by atoms with E-state index in [-0.39, 0.29) is 5.82 Å². The van der Waals surface area contributed by atoms with Crippen LogP contribution in [0.2, 0.25) is 0 Å². The van der Waals surface area contributed by atoms with Gasteiger partial charge in [-0.1, -0.05) is 12.1 Å². The Morgan fingerprint density at radius 1 is 1.24 bits per heavy atom. The molecule has 0 unspecified atom stereocenters. The van der Waals surface area contributed by atoms with Crippen LogP contribution >= 0.6 is 0 Å². The van der Waals surface area contributed by atoms with Crippen LogP contribution in [0.1, 0.15) is 23.6 Å². The van der Waals surface area contributed by atoms with Crippen LogP contribution < -0.4 is 15.8 Å². The van der Waals surface area contributed by atoms with Gasteiger partial charge in [-0.05, 0) is 37.5 Å². The van der Waals surface area contributed by atoms with Crippen molar-refractivity contribution in [3.63, 3.8) is 0 Å². The Labute approximate surface area is 123 Å². The summed E-state index contributed by atoms with van der Waals surface area (Å²) in [6.45, 7) is 6.33. The van der Waals surface area contributed by atoms with E-state index in [0.29, 0.717) is 41.7 Å². The second kappa shape index (κ2) is 6.39. The van der Waals surface area contributed by atoms with Crippen molar-refractivity contribution in [1.82, 2.24) is 9.97 Å². The van der Waals surface area contributed by atoms with Crippen molar-refractivity contribution in [3.8, 4) is 5.88 Å². The number of hydrogen-bond acceptors (Lipinski definition) is 5. The minimum atomic E-state index is -0.168. The largest absolute Gasteiger partial charge is 0.476 e. The smallest absolute Gasteiger partial charge is 0.242 e. The number of ether oxygens (including phenoxy) is 1. The van der Waals surface area contributed by atoms with Gasteiger partial charge in [0.05, 0.1) is 6.61 Å². The zero-order chi connectivity index (χ0) is 15.4. The highest BCUT2D eigenvalue weighted by Gasteiger charge is 2.09. The maximum absolute atomic E-state index is 13.6. The first-order chi connectivity index (χ1) is 10.0. The van der Waals surface area contributed by atoms with Crippen LogP contribution in [-0.2, 0) is 6.54 Å². The summed E-state index contributed by atoms with van der Waals surface area (Å²) >= 11 is 0. The maximum atomic E-state index is 13.6. The van der Waals surface area contributed by atoms with E-state index in [9.17, 15) is 4.39 Å². The normalized spacial score (nSPS) is 10.5. The molecule has 0 fully saturated rings. The first kappa shape index (κ1) is 15.0. The molecule has 0 saturated carbocycles. The molecule has 0 bridgehead atoms. The monoisotopic (exact) mass is 290 g/mol. The first-order valence-corrected chi connectivity index (χ1v) is 6.75. The van der Waals surface area contributed by atoms with Gasteiger partial charge in [-0.15, -0.1) is 0 Å². The molecule has 0 aliphatic heterocycles. The number of hydrogen-bond donors (Lipinski definition) is 2. The number of benzene rings is 1. The summed E-state index contributed by atoms with van der Waals surface area (Å²) in [5.74, 6) is 0.702. The van der Waals surface area contributed by atoms with Crippen molar-refractivity contribution in [3.05, 3.63) is 41.0 Å². The molecule has 1 aromatic heterocycles. The quantitative estimate of drug-likeness (QED) is 0.886. The molecule has 0 amide bonds. The predicted octanol–water partition coefficient (Wildman–Crippen LogP) is 2.83. The summed E-state index contributed by atoms with van der Waals surface area (Å²) in [4.78, 5) is 8.07. The van der Waals surface area contributed by atoms with Gasteiger partial charge in [0.15, 0.2) is 5.82 Å². The summed E-state index contributed by atoms with van der Waals surface area (Å²) in [5.41, 5.74) is 8.52. The Bertz CT molecular complexity index is 623. The van der Waals surface area contributed by atoms with Gasteiger partial charge >= 0.3 is 0 Å². The predicted molar refractivity (Wildman–Crippen MR) is 80.8 cm³/mol. The Hall–Kier alpha value is -2.37. The summed E-state index contributed by atoms with van der Waals surface area (Å²) in [7, 11) is 0. The average Bonchev–Trinajstić information content (AvgIpc) is 2.45. The molecular weight excluding hydrogens is 271 g/mol. The van der Waals surface area contributed by atoms with E-state index in [1.807, 2.05) is 6.92 Å². The van der Waals surface area contributed by atoms with E-state index < -0.39 is 0 Å². The summed E-state index contributed by atoms with van der Waals surface area (Å²) in [6.07, 6.45) is 1.39. The second-order valence-electron chi connectivity index (χ2n) is 4.77. The third kappa shape index (κ3) is 3.39. The molecule has 112 valence electrons. The fraction of sp³-hybridized carbons (Fsp3) is 0.333. The molecule has 0 aliphatic rings. The standard InChI is InChI=1S/C15H19FN4O/c1-4-21-15-13(17)14(19-8-20-15)18-7-11-5-9(2)12(16)10(3)6-11/h5-6,8H,4,7,17H2,1-3H3,(H,18,19,20). The average molecular weight is 290 g/mol. The number of nitrogens with zero attached hydrogens (tertiary/aromatic N) is 2. The van der Waals surface area contributed by atoms with E-state index in [1.54, 1.807) is 26.0 Å².